The van der Waals surface area contributed by atoms with E-state index >= 15 is 0 Å². The monoisotopic (exact) mass is 721 g/mol. The topological polar surface area (TPSA) is 108 Å². The number of aliphatic hydroxyl groups excluding tert-OH is 1. The fraction of sp³-hybridized carbons (Fsp3) is 0.683. The maximum Gasteiger partial charge on any atom is 0.268 e. The third-order valence-electron chi connectivity index (χ3n) is 7.92. The van der Waals surface area contributed by atoms with Gasteiger partial charge in [0.05, 0.1) is 39.9 Å². The number of carbonyl (C=O) groups is 1. The summed E-state index contributed by atoms with van der Waals surface area (Å²) in [6.45, 7) is 4.37. The zero-order valence-electron chi connectivity index (χ0n) is 32.3. The predicted molar refractivity (Wildman–Crippen MR) is 210 cm³/mol. The van der Waals surface area contributed by atoms with Crippen LogP contribution in [-0.2, 0) is 18.4 Å². The van der Waals surface area contributed by atoms with E-state index in [1.165, 1.54) is 19.3 Å². The lowest BCUT2D eigenvalue weighted by molar-refractivity contribution is -0.870. The van der Waals surface area contributed by atoms with Gasteiger partial charge in [0.25, 0.3) is 7.82 Å². The van der Waals surface area contributed by atoms with Crippen LogP contribution in [0, 0.1) is 0 Å². The normalized spacial score (nSPS) is 15.4. The second-order valence-corrected chi connectivity index (χ2v) is 15.3. The standard InChI is InChI=1S/C41H73N2O6P/c1-6-8-10-12-13-14-15-16-17-18-19-20-21-22-23-24-25-26-27-28-29-31-33-35-41(45)42-39(40(44)34-32-30-11-9-7-2)38-49-50(46,47)48-37-36-43(3,4)5/h8,10,13-14,16-17,19-20,22-23,32,34,39-40,44H,6-7,9,11-12,15,18,21,24-31,33,35-38H2,1-5H3,(H-,42,45,46,47)/b10-8-,14-13-,17-16-,20-19-,23-22-,34-32+. The first-order valence-corrected chi connectivity index (χ1v) is 20.8. The van der Waals surface area contributed by atoms with Crippen LogP contribution in [0.3, 0.4) is 0 Å². The van der Waals surface area contributed by atoms with Gasteiger partial charge in [-0.15, -0.1) is 0 Å². The van der Waals surface area contributed by atoms with Crippen LogP contribution < -0.4 is 10.2 Å². The van der Waals surface area contributed by atoms with Crippen molar-refractivity contribution in [2.24, 2.45) is 0 Å². The van der Waals surface area contributed by atoms with Crippen LogP contribution in [0.25, 0.3) is 0 Å². The van der Waals surface area contributed by atoms with Gasteiger partial charge < -0.3 is 28.8 Å². The summed E-state index contributed by atoms with van der Waals surface area (Å²) in [5.74, 6) is -0.222. The third kappa shape index (κ3) is 34.4. The lowest BCUT2D eigenvalue weighted by Gasteiger charge is -2.29. The molecule has 2 N–H and O–H groups in total. The number of hydrogen-bond donors (Lipinski definition) is 2. The number of phosphoric ester groups is 1. The summed E-state index contributed by atoms with van der Waals surface area (Å²) >= 11 is 0. The van der Waals surface area contributed by atoms with Crippen molar-refractivity contribution in [2.75, 3.05) is 40.9 Å². The first-order chi connectivity index (χ1) is 24.0. The quantitative estimate of drug-likeness (QED) is 0.0303. The molecule has 0 aromatic carbocycles. The van der Waals surface area contributed by atoms with Crippen molar-refractivity contribution in [3.63, 3.8) is 0 Å². The number of aliphatic hydroxyl groups is 1. The molecule has 0 aromatic rings. The van der Waals surface area contributed by atoms with Crippen molar-refractivity contribution in [1.29, 1.82) is 0 Å². The summed E-state index contributed by atoms with van der Waals surface area (Å²) in [6.07, 6.45) is 42.7. The second kappa shape index (κ2) is 32.8. The van der Waals surface area contributed by atoms with E-state index in [0.29, 0.717) is 17.4 Å². The predicted octanol–water partition coefficient (Wildman–Crippen LogP) is 9.44. The number of quaternary nitrogens is 1. The van der Waals surface area contributed by atoms with Crippen molar-refractivity contribution in [3.05, 3.63) is 72.9 Å². The van der Waals surface area contributed by atoms with Gasteiger partial charge in [-0.2, -0.15) is 0 Å². The van der Waals surface area contributed by atoms with Crippen molar-refractivity contribution in [3.8, 4) is 0 Å². The van der Waals surface area contributed by atoms with E-state index in [-0.39, 0.29) is 12.5 Å². The Labute approximate surface area is 306 Å². The van der Waals surface area contributed by atoms with Crippen LogP contribution in [0.5, 0.6) is 0 Å². The van der Waals surface area contributed by atoms with Gasteiger partial charge in [0.15, 0.2) is 0 Å². The number of allylic oxidation sites excluding steroid dienone is 11. The Morgan fingerprint density at radius 2 is 1.22 bits per heavy atom. The Kier molecular flexibility index (Phi) is 31.5. The smallest absolute Gasteiger partial charge is 0.268 e. The number of likely N-dealkylation sites (N-methyl/N-ethyl adjacent to an activating group) is 1. The molecule has 0 heterocycles. The lowest BCUT2D eigenvalue weighted by Crippen LogP contribution is -2.45. The highest BCUT2D eigenvalue weighted by molar-refractivity contribution is 7.45. The minimum atomic E-state index is -4.57. The highest BCUT2D eigenvalue weighted by atomic mass is 31.2. The minimum Gasteiger partial charge on any atom is -0.756 e. The average molecular weight is 721 g/mol. The molecule has 1 amide bonds. The van der Waals surface area contributed by atoms with Gasteiger partial charge >= 0.3 is 0 Å². The molecule has 0 aromatic heterocycles. The molecule has 0 spiro atoms. The maximum absolute atomic E-state index is 12.7. The van der Waals surface area contributed by atoms with Gasteiger partial charge in [-0.3, -0.25) is 9.36 Å². The number of rotatable bonds is 33. The summed E-state index contributed by atoms with van der Waals surface area (Å²) < 4.78 is 22.9. The molecular formula is C41H73N2O6P. The minimum absolute atomic E-state index is 0.00844. The second-order valence-electron chi connectivity index (χ2n) is 13.9. The zero-order chi connectivity index (χ0) is 37.2. The maximum atomic E-state index is 12.7. The molecule has 0 bridgehead atoms. The molecule has 0 radical (unpaired) electrons. The molecule has 50 heavy (non-hydrogen) atoms. The fourth-order valence-corrected chi connectivity index (χ4v) is 5.55. The van der Waals surface area contributed by atoms with Gasteiger partial charge in [-0.05, 0) is 64.2 Å². The van der Waals surface area contributed by atoms with E-state index in [1.807, 2.05) is 27.2 Å². The fourth-order valence-electron chi connectivity index (χ4n) is 4.82. The molecule has 0 rings (SSSR count). The molecule has 0 aliphatic rings. The van der Waals surface area contributed by atoms with E-state index in [2.05, 4.69) is 79.9 Å². The highest BCUT2D eigenvalue weighted by Gasteiger charge is 2.23. The van der Waals surface area contributed by atoms with Crippen LogP contribution in [0.2, 0.25) is 0 Å². The molecule has 0 saturated heterocycles. The Bertz CT molecular complexity index is 1040. The van der Waals surface area contributed by atoms with Crippen LogP contribution in [-0.4, -0.2) is 68.5 Å². The van der Waals surface area contributed by atoms with E-state index in [4.69, 9.17) is 9.05 Å². The van der Waals surface area contributed by atoms with E-state index in [9.17, 15) is 19.4 Å². The van der Waals surface area contributed by atoms with Crippen molar-refractivity contribution < 1.29 is 32.9 Å². The highest BCUT2D eigenvalue weighted by Crippen LogP contribution is 2.38. The number of nitrogens with one attached hydrogen (secondary N) is 1. The van der Waals surface area contributed by atoms with E-state index in [0.717, 1.165) is 89.9 Å². The van der Waals surface area contributed by atoms with Gasteiger partial charge in [0.1, 0.15) is 13.2 Å². The summed E-state index contributed by atoms with van der Waals surface area (Å²) in [4.78, 5) is 25.0. The summed E-state index contributed by atoms with van der Waals surface area (Å²) in [5, 5.41) is 13.5. The zero-order valence-corrected chi connectivity index (χ0v) is 33.2. The van der Waals surface area contributed by atoms with Crippen LogP contribution >= 0.6 is 7.82 Å². The van der Waals surface area contributed by atoms with Crippen molar-refractivity contribution in [2.45, 2.75) is 142 Å². The Balaban J connectivity index is 4.21. The first kappa shape index (κ1) is 47.9. The molecule has 9 heteroatoms. The number of phosphoric acid groups is 1. The van der Waals surface area contributed by atoms with Gasteiger partial charge in [0, 0.05) is 6.42 Å². The van der Waals surface area contributed by atoms with E-state index < -0.39 is 26.6 Å². The Morgan fingerprint density at radius 1 is 0.720 bits per heavy atom. The molecular weight excluding hydrogens is 647 g/mol. The Hall–Kier alpha value is -2.06. The van der Waals surface area contributed by atoms with Crippen molar-refractivity contribution >= 4 is 13.7 Å². The van der Waals surface area contributed by atoms with Gasteiger partial charge in [0.2, 0.25) is 5.91 Å². The average Bonchev–Trinajstić information content (AvgIpc) is 3.06. The summed E-state index contributed by atoms with van der Waals surface area (Å²) in [7, 11) is 1.23. The molecule has 0 fully saturated rings. The molecule has 3 atom stereocenters. The molecule has 3 unspecified atom stereocenters. The first-order valence-electron chi connectivity index (χ1n) is 19.3. The summed E-state index contributed by atoms with van der Waals surface area (Å²) in [6, 6.07) is -0.892. The van der Waals surface area contributed by atoms with Crippen molar-refractivity contribution in [1.82, 2.24) is 5.32 Å². The largest absolute Gasteiger partial charge is 0.756 e. The van der Waals surface area contributed by atoms with Gasteiger partial charge in [-0.1, -0.05) is 132 Å². The molecule has 288 valence electrons. The Morgan fingerprint density at radius 3 is 1.78 bits per heavy atom. The van der Waals surface area contributed by atoms with Crippen LogP contribution in [0.4, 0.5) is 0 Å². The number of amides is 1. The summed E-state index contributed by atoms with van der Waals surface area (Å²) in [5.41, 5.74) is 0. The molecule has 0 saturated carbocycles. The third-order valence-corrected chi connectivity index (χ3v) is 8.89. The van der Waals surface area contributed by atoms with Crippen LogP contribution in [0.15, 0.2) is 72.9 Å². The number of hydrogen-bond acceptors (Lipinski definition) is 6. The lowest BCUT2D eigenvalue weighted by atomic mass is 10.1. The molecule has 0 aliphatic heterocycles. The number of nitrogens with zero attached hydrogens (tertiary/aromatic N) is 1. The van der Waals surface area contributed by atoms with E-state index in [1.54, 1.807) is 6.08 Å². The number of unbranched alkanes of at least 4 members (excludes halogenated alkanes) is 10. The molecule has 8 nitrogen and oxygen atoms in total. The van der Waals surface area contributed by atoms with Crippen LogP contribution in [0.1, 0.15) is 129 Å². The molecule has 0 aliphatic carbocycles. The number of carbonyl (C=O) groups excluding carboxylic acids is 1. The SMILES string of the molecule is CC/C=C\C/C=C\C/C=C\C/C=C\C/C=C\CCCCCCCCCC(=O)NC(COP(=O)([O-])OCC[N+](C)(C)C)C(O)/C=C/CCCCC. The van der Waals surface area contributed by atoms with Gasteiger partial charge in [-0.25, -0.2) is 0 Å².